The third kappa shape index (κ3) is 2.96. The first-order chi connectivity index (χ1) is 9.88. The largest absolute Gasteiger partial charge is 0.407 e. The van der Waals surface area contributed by atoms with Crippen molar-refractivity contribution in [2.24, 2.45) is 0 Å². The molecule has 0 bridgehead atoms. The van der Waals surface area contributed by atoms with Crippen molar-refractivity contribution in [1.29, 1.82) is 0 Å². The Kier molecular flexibility index (Phi) is 4.52. The number of anilines is 1. The van der Waals surface area contributed by atoms with Crippen LogP contribution in [0, 0.1) is 0 Å². The molecule has 0 amide bonds. The second kappa shape index (κ2) is 6.54. The molecule has 2 aliphatic rings. The Morgan fingerprint density at radius 1 is 1.30 bits per heavy atom. The molecule has 1 N–H and O–H groups in total. The van der Waals surface area contributed by atoms with Crippen LogP contribution in [0.4, 0.5) is 6.01 Å². The van der Waals surface area contributed by atoms with Gasteiger partial charge in [-0.15, -0.1) is 5.10 Å². The second-order valence-electron chi connectivity index (χ2n) is 5.61. The van der Waals surface area contributed by atoms with Crippen LogP contribution in [0.3, 0.4) is 0 Å². The van der Waals surface area contributed by atoms with Gasteiger partial charge in [-0.1, -0.05) is 24.9 Å². The van der Waals surface area contributed by atoms with Gasteiger partial charge in [-0.2, -0.15) is 0 Å². The van der Waals surface area contributed by atoms with Crippen molar-refractivity contribution in [3.8, 4) is 0 Å². The Morgan fingerprint density at radius 3 is 3.10 bits per heavy atom. The van der Waals surface area contributed by atoms with Gasteiger partial charge in [-0.3, -0.25) is 0 Å². The number of hydrogen-bond acceptors (Lipinski definition) is 6. The van der Waals surface area contributed by atoms with Crippen LogP contribution in [-0.2, 0) is 11.3 Å². The van der Waals surface area contributed by atoms with Gasteiger partial charge in [0.25, 0.3) is 0 Å². The molecule has 2 unspecified atom stereocenters. The first kappa shape index (κ1) is 13.8. The van der Waals surface area contributed by atoms with Crippen molar-refractivity contribution < 1.29 is 9.15 Å². The van der Waals surface area contributed by atoms with Gasteiger partial charge in [-0.05, 0) is 25.8 Å². The van der Waals surface area contributed by atoms with E-state index in [1.54, 1.807) is 0 Å². The molecule has 1 saturated carbocycles. The highest BCUT2D eigenvalue weighted by atomic mass is 16.5. The summed E-state index contributed by atoms with van der Waals surface area (Å²) in [6, 6.07) is 1.08. The lowest BCUT2D eigenvalue weighted by atomic mass is 9.90. The quantitative estimate of drug-likeness (QED) is 0.829. The van der Waals surface area contributed by atoms with Crippen LogP contribution in [0.2, 0.25) is 0 Å². The minimum atomic E-state index is 0.339. The van der Waals surface area contributed by atoms with Crippen LogP contribution < -0.4 is 10.2 Å². The van der Waals surface area contributed by atoms with Crippen molar-refractivity contribution in [3.05, 3.63) is 5.89 Å². The molecule has 3 rings (SSSR count). The highest BCUT2D eigenvalue weighted by Crippen LogP contribution is 2.31. The van der Waals surface area contributed by atoms with Crippen LogP contribution in [0.15, 0.2) is 4.42 Å². The van der Waals surface area contributed by atoms with Gasteiger partial charge in [-0.25, -0.2) is 0 Å². The zero-order valence-corrected chi connectivity index (χ0v) is 12.2. The molecular weight excluding hydrogens is 256 g/mol. The van der Waals surface area contributed by atoms with Gasteiger partial charge in [0.15, 0.2) is 0 Å². The Labute approximate surface area is 119 Å². The van der Waals surface area contributed by atoms with Gasteiger partial charge in [0, 0.05) is 6.54 Å². The predicted octanol–water partition coefficient (Wildman–Crippen LogP) is 1.72. The van der Waals surface area contributed by atoms with E-state index in [9.17, 15) is 0 Å². The zero-order valence-electron chi connectivity index (χ0n) is 12.2. The van der Waals surface area contributed by atoms with E-state index >= 15 is 0 Å². The average molecular weight is 280 g/mol. The van der Waals surface area contributed by atoms with Crippen molar-refractivity contribution >= 4 is 6.01 Å². The second-order valence-corrected chi connectivity index (χ2v) is 5.61. The summed E-state index contributed by atoms with van der Waals surface area (Å²) in [5.41, 5.74) is 0. The normalized spacial score (nSPS) is 26.6. The summed E-state index contributed by atoms with van der Waals surface area (Å²) in [4.78, 5) is 2.25. The lowest BCUT2D eigenvalue weighted by Gasteiger charge is -2.42. The van der Waals surface area contributed by atoms with Crippen LogP contribution >= 0.6 is 0 Å². The van der Waals surface area contributed by atoms with Crippen molar-refractivity contribution in [1.82, 2.24) is 15.5 Å². The topological polar surface area (TPSA) is 63.4 Å². The van der Waals surface area contributed by atoms with Gasteiger partial charge < -0.3 is 19.4 Å². The number of rotatable bonds is 5. The van der Waals surface area contributed by atoms with Gasteiger partial charge in [0.2, 0.25) is 5.89 Å². The van der Waals surface area contributed by atoms with E-state index in [0.717, 1.165) is 39.0 Å². The number of ether oxygens (including phenoxy) is 1. The summed E-state index contributed by atoms with van der Waals surface area (Å²) in [6.07, 6.45) is 6.29. The highest BCUT2D eigenvalue weighted by Gasteiger charge is 2.36. The lowest BCUT2D eigenvalue weighted by molar-refractivity contribution is -0.0106. The van der Waals surface area contributed by atoms with Crippen molar-refractivity contribution in [3.63, 3.8) is 0 Å². The van der Waals surface area contributed by atoms with E-state index < -0.39 is 0 Å². The first-order valence-corrected chi connectivity index (χ1v) is 7.80. The van der Waals surface area contributed by atoms with E-state index in [-0.39, 0.29) is 0 Å². The smallest absolute Gasteiger partial charge is 0.318 e. The van der Waals surface area contributed by atoms with Crippen LogP contribution in [0.25, 0.3) is 0 Å². The molecule has 2 heterocycles. The Bertz CT molecular complexity index is 421. The number of nitrogens with one attached hydrogen (secondary N) is 1. The molecular formula is C14H24N4O2. The molecule has 1 aliphatic heterocycles. The maximum atomic E-state index is 5.88. The van der Waals surface area contributed by atoms with Crippen molar-refractivity contribution in [2.45, 2.75) is 57.7 Å². The molecule has 0 spiro atoms. The fraction of sp³-hybridized carbons (Fsp3) is 0.857. The van der Waals surface area contributed by atoms with E-state index in [0.29, 0.717) is 30.6 Å². The summed E-state index contributed by atoms with van der Waals surface area (Å²) in [5.74, 6) is 0.673. The third-order valence-electron chi connectivity index (χ3n) is 4.14. The number of morpholine rings is 1. The number of nitrogens with zero attached hydrogens (tertiary/aromatic N) is 3. The molecule has 0 radical (unpaired) electrons. The van der Waals surface area contributed by atoms with E-state index in [1.807, 2.05) is 0 Å². The lowest BCUT2D eigenvalue weighted by Crippen LogP contribution is -2.53. The Morgan fingerprint density at radius 2 is 2.20 bits per heavy atom. The Balaban J connectivity index is 1.65. The van der Waals surface area contributed by atoms with Gasteiger partial charge in [0.05, 0.1) is 25.3 Å². The maximum absolute atomic E-state index is 5.88. The predicted molar refractivity (Wildman–Crippen MR) is 75.6 cm³/mol. The molecule has 2 atom stereocenters. The zero-order chi connectivity index (χ0) is 13.8. The van der Waals surface area contributed by atoms with E-state index in [4.69, 9.17) is 9.15 Å². The molecule has 1 aliphatic carbocycles. The maximum Gasteiger partial charge on any atom is 0.318 e. The molecule has 112 valence electrons. The Hall–Kier alpha value is -1.14. The average Bonchev–Trinajstić information content (AvgIpc) is 2.96. The fourth-order valence-electron chi connectivity index (χ4n) is 3.14. The molecule has 1 saturated heterocycles. The molecule has 2 fully saturated rings. The molecule has 6 nitrogen and oxygen atoms in total. The fourth-order valence-corrected chi connectivity index (χ4v) is 3.14. The monoisotopic (exact) mass is 280 g/mol. The third-order valence-corrected chi connectivity index (χ3v) is 4.14. The van der Waals surface area contributed by atoms with Crippen molar-refractivity contribution in [2.75, 3.05) is 24.6 Å². The molecule has 1 aromatic heterocycles. The molecule has 0 aromatic carbocycles. The van der Waals surface area contributed by atoms with Crippen LogP contribution in [-0.4, -0.2) is 42.0 Å². The summed E-state index contributed by atoms with van der Waals surface area (Å²) >= 11 is 0. The molecule has 20 heavy (non-hydrogen) atoms. The minimum Gasteiger partial charge on any atom is -0.407 e. The van der Waals surface area contributed by atoms with Crippen LogP contribution in [0.1, 0.15) is 44.9 Å². The molecule has 1 aromatic rings. The highest BCUT2D eigenvalue weighted by molar-refractivity contribution is 5.29. The van der Waals surface area contributed by atoms with Crippen LogP contribution in [0.5, 0.6) is 0 Å². The van der Waals surface area contributed by atoms with Gasteiger partial charge in [0.1, 0.15) is 0 Å². The van der Waals surface area contributed by atoms with E-state index in [2.05, 4.69) is 27.3 Å². The summed E-state index contributed by atoms with van der Waals surface area (Å²) < 4.78 is 11.7. The first-order valence-electron chi connectivity index (χ1n) is 7.80. The molecule has 6 heteroatoms. The SMILES string of the molecule is CCCNCc1nnc(N2CCOC3CCCCC32)o1. The van der Waals surface area contributed by atoms with E-state index in [1.165, 1.54) is 12.8 Å². The standard InChI is InChI=1S/C14H24N4O2/c1-2-7-15-10-13-16-17-14(20-13)18-8-9-19-12-6-4-3-5-11(12)18/h11-12,15H,2-10H2,1H3. The summed E-state index contributed by atoms with van der Waals surface area (Å²) in [7, 11) is 0. The number of aromatic nitrogens is 2. The van der Waals surface area contributed by atoms with Gasteiger partial charge >= 0.3 is 6.01 Å². The number of hydrogen-bond donors (Lipinski definition) is 1. The minimum absolute atomic E-state index is 0.339. The number of fused-ring (bicyclic) bond motifs is 1. The summed E-state index contributed by atoms with van der Waals surface area (Å²) in [5, 5.41) is 11.6. The summed E-state index contributed by atoms with van der Waals surface area (Å²) in [6.45, 7) is 5.38.